The highest BCUT2D eigenvalue weighted by Gasteiger charge is 2.50. The highest BCUT2D eigenvalue weighted by Crippen LogP contribution is 2.51. The molecule has 0 aliphatic heterocycles. The van der Waals surface area contributed by atoms with Gasteiger partial charge in [-0.25, -0.2) is 0 Å². The van der Waals surface area contributed by atoms with E-state index in [-0.39, 0.29) is 5.41 Å². The normalized spacial score (nSPS) is 35.8. The molecule has 0 saturated heterocycles. The van der Waals surface area contributed by atoms with Crippen molar-refractivity contribution in [2.75, 3.05) is 6.54 Å². The Bertz CT molecular complexity index is 260. The van der Waals surface area contributed by atoms with Gasteiger partial charge in [-0.15, -0.1) is 0 Å². The fraction of sp³-hybridized carbons (Fsp3) is 1.00. The van der Waals surface area contributed by atoms with Gasteiger partial charge in [-0.2, -0.15) is 0 Å². The summed E-state index contributed by atoms with van der Waals surface area (Å²) < 4.78 is 0. The summed E-state index contributed by atoms with van der Waals surface area (Å²) >= 11 is 0. The van der Waals surface area contributed by atoms with Crippen LogP contribution in [0.5, 0.6) is 0 Å². The third-order valence-electron chi connectivity index (χ3n) is 6.07. The molecule has 0 amide bonds. The predicted molar refractivity (Wildman–Crippen MR) is 81.0 cm³/mol. The Labute approximate surface area is 119 Å². The van der Waals surface area contributed by atoms with Gasteiger partial charge in [0.1, 0.15) is 0 Å². The van der Waals surface area contributed by atoms with E-state index in [9.17, 15) is 5.11 Å². The number of nitrogens with two attached hydrogens (primary N) is 1. The van der Waals surface area contributed by atoms with E-state index in [1.54, 1.807) is 0 Å². The van der Waals surface area contributed by atoms with Crippen molar-refractivity contribution in [2.45, 2.75) is 89.6 Å². The number of hydrogen-bond acceptors (Lipinski definition) is 2. The van der Waals surface area contributed by atoms with E-state index >= 15 is 0 Å². The molecule has 0 aromatic carbocycles. The molecule has 0 atom stereocenters. The summed E-state index contributed by atoms with van der Waals surface area (Å²) in [5, 5.41) is 11.3. The molecule has 3 N–H and O–H groups in total. The molecular formula is C17H33NO. The Hall–Kier alpha value is -0.0800. The summed E-state index contributed by atoms with van der Waals surface area (Å²) in [6.45, 7) is 2.96. The predicted octanol–water partition coefficient (Wildman–Crippen LogP) is 4.01. The fourth-order valence-electron chi connectivity index (χ4n) is 4.63. The topological polar surface area (TPSA) is 46.2 Å². The van der Waals surface area contributed by atoms with E-state index in [2.05, 4.69) is 6.92 Å². The van der Waals surface area contributed by atoms with E-state index in [0.29, 0.717) is 6.54 Å². The van der Waals surface area contributed by atoms with Gasteiger partial charge in [-0.3, -0.25) is 0 Å². The van der Waals surface area contributed by atoms with Crippen molar-refractivity contribution in [1.29, 1.82) is 0 Å². The minimum atomic E-state index is -0.463. The lowest BCUT2D eigenvalue weighted by Crippen LogP contribution is -2.54. The lowest BCUT2D eigenvalue weighted by atomic mass is 9.58. The lowest BCUT2D eigenvalue weighted by molar-refractivity contribution is -0.115. The van der Waals surface area contributed by atoms with Crippen LogP contribution in [0.2, 0.25) is 0 Å². The Balaban J connectivity index is 2.05. The van der Waals surface area contributed by atoms with Gasteiger partial charge in [0.2, 0.25) is 0 Å². The van der Waals surface area contributed by atoms with Gasteiger partial charge < -0.3 is 10.8 Å². The van der Waals surface area contributed by atoms with Gasteiger partial charge in [-0.1, -0.05) is 45.4 Å². The first-order valence-corrected chi connectivity index (χ1v) is 8.58. The number of aliphatic hydroxyl groups is 1. The molecule has 0 radical (unpaired) electrons. The number of rotatable bonds is 4. The van der Waals surface area contributed by atoms with E-state index in [0.717, 1.165) is 31.6 Å². The molecular weight excluding hydrogens is 234 g/mol. The molecule has 2 heteroatoms. The standard InChI is InChI=1S/C17H33NO/c1-2-7-15-8-12-16(14-18,13-9-15)17(19)10-5-3-4-6-11-17/h15,19H,2-14,18H2,1H3. The third-order valence-corrected chi connectivity index (χ3v) is 6.07. The maximum Gasteiger partial charge on any atom is 0.0715 e. The maximum absolute atomic E-state index is 11.3. The quantitative estimate of drug-likeness (QED) is 0.756. The second-order valence-electron chi connectivity index (χ2n) is 7.16. The van der Waals surface area contributed by atoms with Crippen LogP contribution in [0.3, 0.4) is 0 Å². The van der Waals surface area contributed by atoms with Crippen molar-refractivity contribution >= 4 is 0 Å². The highest BCUT2D eigenvalue weighted by atomic mass is 16.3. The van der Waals surface area contributed by atoms with Crippen LogP contribution in [0.25, 0.3) is 0 Å². The first kappa shape index (κ1) is 15.3. The molecule has 0 aromatic heterocycles. The zero-order valence-corrected chi connectivity index (χ0v) is 12.8. The van der Waals surface area contributed by atoms with Crippen LogP contribution in [-0.2, 0) is 0 Å². The van der Waals surface area contributed by atoms with E-state index in [4.69, 9.17) is 5.73 Å². The second-order valence-corrected chi connectivity index (χ2v) is 7.16. The maximum atomic E-state index is 11.3. The highest BCUT2D eigenvalue weighted by molar-refractivity contribution is 5.02. The fourth-order valence-corrected chi connectivity index (χ4v) is 4.63. The average Bonchev–Trinajstić information content (AvgIpc) is 2.66. The molecule has 2 nitrogen and oxygen atoms in total. The van der Waals surface area contributed by atoms with Crippen LogP contribution in [0.4, 0.5) is 0 Å². The van der Waals surface area contributed by atoms with Gasteiger partial charge in [0.05, 0.1) is 5.60 Å². The Morgan fingerprint density at radius 3 is 2.05 bits per heavy atom. The summed E-state index contributed by atoms with van der Waals surface area (Å²) in [7, 11) is 0. The van der Waals surface area contributed by atoms with Crippen molar-refractivity contribution < 1.29 is 5.11 Å². The smallest absolute Gasteiger partial charge is 0.0715 e. The van der Waals surface area contributed by atoms with Crippen LogP contribution in [-0.4, -0.2) is 17.3 Å². The van der Waals surface area contributed by atoms with Crippen LogP contribution in [0, 0.1) is 11.3 Å². The van der Waals surface area contributed by atoms with E-state index < -0.39 is 5.60 Å². The number of hydrogen-bond donors (Lipinski definition) is 2. The SMILES string of the molecule is CCCC1CCC(CN)(C2(O)CCCCCC2)CC1. The molecule has 2 saturated carbocycles. The summed E-state index contributed by atoms with van der Waals surface area (Å²) in [6, 6.07) is 0. The first-order chi connectivity index (χ1) is 9.16. The second kappa shape index (κ2) is 6.58. The minimum absolute atomic E-state index is 0.0293. The molecule has 2 aliphatic carbocycles. The van der Waals surface area contributed by atoms with Crippen molar-refractivity contribution in [3.8, 4) is 0 Å². The minimum Gasteiger partial charge on any atom is -0.389 e. The van der Waals surface area contributed by atoms with Crippen molar-refractivity contribution in [2.24, 2.45) is 17.1 Å². The molecule has 2 fully saturated rings. The Kier molecular flexibility index (Phi) is 5.30. The molecule has 2 aliphatic rings. The third kappa shape index (κ3) is 3.16. The molecule has 0 unspecified atom stereocenters. The molecule has 0 aromatic rings. The van der Waals surface area contributed by atoms with Crippen molar-refractivity contribution in [3.63, 3.8) is 0 Å². The Morgan fingerprint density at radius 2 is 1.58 bits per heavy atom. The molecule has 112 valence electrons. The summed E-state index contributed by atoms with van der Waals surface area (Å²) in [5.74, 6) is 0.888. The van der Waals surface area contributed by atoms with Crippen LogP contribution in [0.1, 0.15) is 84.0 Å². The molecule has 0 heterocycles. The van der Waals surface area contributed by atoms with Gasteiger partial charge >= 0.3 is 0 Å². The van der Waals surface area contributed by atoms with E-state index in [1.807, 2.05) is 0 Å². The molecule has 0 spiro atoms. The molecule has 19 heavy (non-hydrogen) atoms. The van der Waals surface area contributed by atoms with Crippen LogP contribution < -0.4 is 5.73 Å². The van der Waals surface area contributed by atoms with Gasteiger partial charge in [0.25, 0.3) is 0 Å². The summed E-state index contributed by atoms with van der Waals surface area (Å²) in [5.41, 5.74) is 5.73. The summed E-state index contributed by atoms with van der Waals surface area (Å²) in [4.78, 5) is 0. The van der Waals surface area contributed by atoms with Crippen LogP contribution >= 0.6 is 0 Å². The van der Waals surface area contributed by atoms with E-state index in [1.165, 1.54) is 51.4 Å². The van der Waals surface area contributed by atoms with Crippen LogP contribution in [0.15, 0.2) is 0 Å². The monoisotopic (exact) mass is 267 g/mol. The van der Waals surface area contributed by atoms with Gasteiger partial charge in [-0.05, 0) is 44.4 Å². The largest absolute Gasteiger partial charge is 0.389 e. The van der Waals surface area contributed by atoms with Crippen molar-refractivity contribution in [1.82, 2.24) is 0 Å². The summed E-state index contributed by atoms with van der Waals surface area (Å²) in [6.07, 6.45) is 14.5. The van der Waals surface area contributed by atoms with Gasteiger partial charge in [0, 0.05) is 12.0 Å². The molecule has 2 rings (SSSR count). The Morgan fingerprint density at radius 1 is 1.00 bits per heavy atom. The zero-order chi connectivity index (χ0) is 13.8. The van der Waals surface area contributed by atoms with Crippen molar-refractivity contribution in [3.05, 3.63) is 0 Å². The van der Waals surface area contributed by atoms with Gasteiger partial charge in [0.15, 0.2) is 0 Å². The molecule has 0 bridgehead atoms. The lowest BCUT2D eigenvalue weighted by Gasteiger charge is -2.50. The zero-order valence-electron chi connectivity index (χ0n) is 12.8. The first-order valence-electron chi connectivity index (χ1n) is 8.58. The average molecular weight is 267 g/mol.